The zero-order valence-corrected chi connectivity index (χ0v) is 9.28. The molecule has 1 aliphatic carbocycles. The van der Waals surface area contributed by atoms with Gasteiger partial charge in [0.25, 0.3) is 0 Å². The zero-order chi connectivity index (χ0) is 10.7. The van der Waals surface area contributed by atoms with Gasteiger partial charge >= 0.3 is 0 Å². The van der Waals surface area contributed by atoms with E-state index in [1.807, 2.05) is 12.1 Å². The van der Waals surface area contributed by atoms with Gasteiger partial charge in [-0.05, 0) is 49.3 Å². The first-order valence-corrected chi connectivity index (χ1v) is 5.69. The summed E-state index contributed by atoms with van der Waals surface area (Å²) in [4.78, 5) is 0. The van der Waals surface area contributed by atoms with Crippen LogP contribution in [0.1, 0.15) is 37.2 Å². The zero-order valence-electron chi connectivity index (χ0n) is 9.28. The quantitative estimate of drug-likeness (QED) is 0.805. The van der Waals surface area contributed by atoms with Gasteiger partial charge in [0.1, 0.15) is 5.75 Å². The molecular weight excluding hydrogens is 186 g/mol. The van der Waals surface area contributed by atoms with Crippen molar-refractivity contribution in [2.75, 3.05) is 7.11 Å². The maximum Gasteiger partial charge on any atom is 0.118 e. The maximum absolute atomic E-state index is 5.90. The molecule has 82 valence electrons. The highest BCUT2D eigenvalue weighted by Gasteiger charge is 2.19. The number of hydrogen-bond acceptors (Lipinski definition) is 2. The molecule has 15 heavy (non-hydrogen) atoms. The van der Waals surface area contributed by atoms with E-state index in [1.165, 1.54) is 18.4 Å². The van der Waals surface area contributed by atoms with Crippen LogP contribution >= 0.6 is 0 Å². The predicted molar refractivity (Wildman–Crippen MR) is 62.2 cm³/mol. The van der Waals surface area contributed by atoms with Gasteiger partial charge in [0.05, 0.1) is 7.11 Å². The molecule has 0 heterocycles. The molecule has 0 spiro atoms. The summed E-state index contributed by atoms with van der Waals surface area (Å²) >= 11 is 0. The third-order valence-corrected chi connectivity index (χ3v) is 3.36. The van der Waals surface area contributed by atoms with Gasteiger partial charge in [0.15, 0.2) is 0 Å². The van der Waals surface area contributed by atoms with Crippen LogP contribution in [0.4, 0.5) is 0 Å². The number of benzene rings is 1. The van der Waals surface area contributed by atoms with E-state index < -0.39 is 0 Å². The smallest absolute Gasteiger partial charge is 0.118 e. The van der Waals surface area contributed by atoms with E-state index in [1.54, 1.807) is 7.11 Å². The van der Waals surface area contributed by atoms with Crippen LogP contribution < -0.4 is 10.5 Å². The Morgan fingerprint density at radius 1 is 1.07 bits per heavy atom. The fourth-order valence-corrected chi connectivity index (χ4v) is 2.33. The third kappa shape index (κ3) is 2.51. The minimum Gasteiger partial charge on any atom is -0.497 e. The predicted octanol–water partition coefficient (Wildman–Crippen LogP) is 2.68. The second kappa shape index (κ2) is 4.67. The molecule has 1 saturated carbocycles. The monoisotopic (exact) mass is 205 g/mol. The van der Waals surface area contributed by atoms with Crippen molar-refractivity contribution in [1.82, 2.24) is 0 Å². The number of hydrogen-bond donors (Lipinski definition) is 1. The molecule has 0 unspecified atom stereocenters. The fraction of sp³-hybridized carbons (Fsp3) is 0.538. The molecular formula is C13H19NO. The van der Waals surface area contributed by atoms with Crippen LogP contribution in [0.2, 0.25) is 0 Å². The first kappa shape index (κ1) is 10.5. The molecule has 1 fully saturated rings. The van der Waals surface area contributed by atoms with Crippen molar-refractivity contribution in [3.05, 3.63) is 29.8 Å². The average Bonchev–Trinajstić information content (AvgIpc) is 2.30. The Kier molecular flexibility index (Phi) is 3.27. The lowest BCUT2D eigenvalue weighted by Gasteiger charge is -2.26. The summed E-state index contributed by atoms with van der Waals surface area (Å²) in [6.45, 7) is 0. The van der Waals surface area contributed by atoms with Crippen LogP contribution in [0, 0.1) is 0 Å². The minimum atomic E-state index is 0.430. The lowest BCUT2D eigenvalue weighted by atomic mass is 9.82. The van der Waals surface area contributed by atoms with Gasteiger partial charge in [0, 0.05) is 6.04 Å². The van der Waals surface area contributed by atoms with Crippen molar-refractivity contribution in [1.29, 1.82) is 0 Å². The van der Waals surface area contributed by atoms with Gasteiger partial charge in [-0.25, -0.2) is 0 Å². The van der Waals surface area contributed by atoms with Crippen LogP contribution in [0.5, 0.6) is 5.75 Å². The van der Waals surface area contributed by atoms with Gasteiger partial charge < -0.3 is 10.5 Å². The van der Waals surface area contributed by atoms with Gasteiger partial charge in [-0.2, -0.15) is 0 Å². The molecule has 2 rings (SSSR count). The first-order valence-electron chi connectivity index (χ1n) is 5.69. The molecule has 2 heteroatoms. The van der Waals surface area contributed by atoms with Crippen LogP contribution in [0.25, 0.3) is 0 Å². The summed E-state index contributed by atoms with van der Waals surface area (Å²) in [5, 5.41) is 0. The van der Waals surface area contributed by atoms with Crippen molar-refractivity contribution < 1.29 is 4.74 Å². The standard InChI is InChI=1S/C13H19NO/c1-15-13-8-4-11(5-9-13)10-2-6-12(14)7-3-10/h4-5,8-10,12H,2-3,6-7,14H2,1H3. The topological polar surface area (TPSA) is 35.2 Å². The van der Waals surface area contributed by atoms with Crippen LogP contribution in [-0.4, -0.2) is 13.2 Å². The molecule has 2 nitrogen and oxygen atoms in total. The number of ether oxygens (including phenoxy) is 1. The van der Waals surface area contributed by atoms with E-state index in [-0.39, 0.29) is 0 Å². The highest BCUT2D eigenvalue weighted by atomic mass is 16.5. The summed E-state index contributed by atoms with van der Waals surface area (Å²) < 4.78 is 5.15. The van der Waals surface area contributed by atoms with Crippen molar-refractivity contribution >= 4 is 0 Å². The molecule has 0 radical (unpaired) electrons. The third-order valence-electron chi connectivity index (χ3n) is 3.36. The van der Waals surface area contributed by atoms with Crippen molar-refractivity contribution in [2.45, 2.75) is 37.6 Å². The maximum atomic E-state index is 5.90. The second-order valence-electron chi connectivity index (χ2n) is 4.38. The average molecular weight is 205 g/mol. The molecule has 1 aliphatic rings. The van der Waals surface area contributed by atoms with E-state index in [2.05, 4.69) is 12.1 Å². The van der Waals surface area contributed by atoms with E-state index in [0.29, 0.717) is 12.0 Å². The normalized spacial score (nSPS) is 26.3. The van der Waals surface area contributed by atoms with Gasteiger partial charge in [0.2, 0.25) is 0 Å². The molecule has 0 aromatic heterocycles. The van der Waals surface area contributed by atoms with Crippen molar-refractivity contribution in [2.24, 2.45) is 5.73 Å². The SMILES string of the molecule is COc1ccc(C2CCC(N)CC2)cc1. The van der Waals surface area contributed by atoms with E-state index in [4.69, 9.17) is 10.5 Å². The summed E-state index contributed by atoms with van der Waals surface area (Å²) in [6.07, 6.45) is 4.79. The molecule has 0 aliphatic heterocycles. The van der Waals surface area contributed by atoms with Crippen LogP contribution in [-0.2, 0) is 0 Å². The number of methoxy groups -OCH3 is 1. The lowest BCUT2D eigenvalue weighted by molar-refractivity contribution is 0.394. The molecule has 0 bridgehead atoms. The number of nitrogens with two attached hydrogens (primary N) is 1. The molecule has 2 N–H and O–H groups in total. The van der Waals surface area contributed by atoms with Crippen molar-refractivity contribution in [3.63, 3.8) is 0 Å². The minimum absolute atomic E-state index is 0.430. The molecule has 1 aromatic rings. The fourth-order valence-electron chi connectivity index (χ4n) is 2.33. The highest BCUT2D eigenvalue weighted by molar-refractivity contribution is 5.29. The Balaban J connectivity index is 2.03. The summed E-state index contributed by atoms with van der Waals surface area (Å²) in [6, 6.07) is 8.88. The first-order chi connectivity index (χ1) is 7.29. The lowest BCUT2D eigenvalue weighted by Crippen LogP contribution is -2.25. The van der Waals surface area contributed by atoms with Crippen molar-refractivity contribution in [3.8, 4) is 5.75 Å². The molecule has 1 aromatic carbocycles. The van der Waals surface area contributed by atoms with Gasteiger partial charge in [-0.3, -0.25) is 0 Å². The summed E-state index contributed by atoms with van der Waals surface area (Å²) in [5.41, 5.74) is 7.33. The molecule has 0 atom stereocenters. The van der Waals surface area contributed by atoms with Crippen LogP contribution in [0.15, 0.2) is 24.3 Å². The Morgan fingerprint density at radius 2 is 1.67 bits per heavy atom. The Bertz CT molecular complexity index is 299. The number of rotatable bonds is 2. The van der Waals surface area contributed by atoms with E-state index >= 15 is 0 Å². The Hall–Kier alpha value is -1.02. The molecule has 0 amide bonds. The summed E-state index contributed by atoms with van der Waals surface area (Å²) in [7, 11) is 1.70. The van der Waals surface area contributed by atoms with Crippen LogP contribution in [0.3, 0.4) is 0 Å². The second-order valence-corrected chi connectivity index (χ2v) is 4.38. The largest absolute Gasteiger partial charge is 0.497 e. The van der Waals surface area contributed by atoms with E-state index in [9.17, 15) is 0 Å². The van der Waals surface area contributed by atoms with E-state index in [0.717, 1.165) is 18.6 Å². The highest BCUT2D eigenvalue weighted by Crippen LogP contribution is 2.32. The van der Waals surface area contributed by atoms with Gasteiger partial charge in [-0.15, -0.1) is 0 Å². The Labute approximate surface area is 91.4 Å². The van der Waals surface area contributed by atoms with Gasteiger partial charge in [-0.1, -0.05) is 12.1 Å². The summed E-state index contributed by atoms with van der Waals surface area (Å²) in [5.74, 6) is 1.64. The Morgan fingerprint density at radius 3 is 2.20 bits per heavy atom. The molecule has 0 saturated heterocycles.